The highest BCUT2D eigenvalue weighted by atomic mass is 32.2. The van der Waals surface area contributed by atoms with Gasteiger partial charge in [-0.3, -0.25) is 4.79 Å². The topological polar surface area (TPSA) is 97.2 Å². The average Bonchev–Trinajstić information content (AvgIpc) is 3.08. The van der Waals surface area contributed by atoms with E-state index in [1.807, 2.05) is 24.5 Å². The number of carbonyl (C=O) groups excluding carboxylic acids is 1. The van der Waals surface area contributed by atoms with Gasteiger partial charge >= 0.3 is 0 Å². The van der Waals surface area contributed by atoms with Gasteiger partial charge in [-0.15, -0.1) is 10.2 Å². The quantitative estimate of drug-likeness (QED) is 0.571. The first-order valence-electron chi connectivity index (χ1n) is 9.61. The van der Waals surface area contributed by atoms with Gasteiger partial charge in [0, 0.05) is 32.2 Å². The molecule has 0 aliphatic rings. The molecule has 160 valence electrons. The van der Waals surface area contributed by atoms with Crippen LogP contribution in [0.2, 0.25) is 0 Å². The molecule has 2 aromatic rings. The molecule has 0 atom stereocenters. The van der Waals surface area contributed by atoms with Crippen molar-refractivity contribution in [3.8, 4) is 11.4 Å². The van der Waals surface area contributed by atoms with Crippen molar-refractivity contribution in [2.75, 3.05) is 25.9 Å². The van der Waals surface area contributed by atoms with Crippen LogP contribution in [0.25, 0.3) is 11.4 Å². The van der Waals surface area contributed by atoms with E-state index < -0.39 is 10.0 Å². The summed E-state index contributed by atoms with van der Waals surface area (Å²) in [5, 5.41) is 11.8. The molecule has 1 amide bonds. The fraction of sp³-hybridized carbons (Fsp3) is 0.526. The number of hydrogen-bond donors (Lipinski definition) is 1. The van der Waals surface area contributed by atoms with E-state index in [0.717, 1.165) is 0 Å². The Labute approximate surface area is 177 Å². The molecule has 0 bridgehead atoms. The number of benzene rings is 1. The molecule has 1 aromatic carbocycles. The first-order chi connectivity index (χ1) is 13.7. The molecule has 0 fully saturated rings. The van der Waals surface area contributed by atoms with Gasteiger partial charge in [0.15, 0.2) is 11.0 Å². The van der Waals surface area contributed by atoms with Crippen LogP contribution in [0.3, 0.4) is 0 Å². The molecule has 2 rings (SSSR count). The molecule has 0 saturated heterocycles. The summed E-state index contributed by atoms with van der Waals surface area (Å²) < 4.78 is 29.2. The van der Waals surface area contributed by atoms with Crippen LogP contribution in [0.15, 0.2) is 34.3 Å². The number of nitrogens with one attached hydrogen (secondary N) is 1. The maximum absolute atomic E-state index is 12.9. The van der Waals surface area contributed by atoms with E-state index in [-0.39, 0.29) is 16.6 Å². The molecule has 0 aliphatic heterocycles. The zero-order valence-corrected chi connectivity index (χ0v) is 19.2. The minimum absolute atomic E-state index is 0.0945. The molecule has 29 heavy (non-hydrogen) atoms. The van der Waals surface area contributed by atoms with E-state index in [4.69, 9.17) is 0 Å². The average molecular weight is 440 g/mol. The van der Waals surface area contributed by atoms with E-state index in [1.165, 1.54) is 16.1 Å². The van der Waals surface area contributed by atoms with Crippen molar-refractivity contribution in [1.29, 1.82) is 0 Å². The van der Waals surface area contributed by atoms with E-state index in [1.54, 1.807) is 25.2 Å². The number of amides is 1. The van der Waals surface area contributed by atoms with Crippen molar-refractivity contribution in [2.45, 2.75) is 44.3 Å². The second-order valence-corrected chi connectivity index (χ2v) is 9.77. The Morgan fingerprint density at radius 1 is 1.24 bits per heavy atom. The molecule has 0 radical (unpaired) electrons. The molecule has 1 heterocycles. The Morgan fingerprint density at radius 3 is 2.52 bits per heavy atom. The maximum Gasteiger partial charge on any atom is 0.243 e. The number of carbonyl (C=O) groups is 1. The van der Waals surface area contributed by atoms with Crippen LogP contribution in [0, 0.1) is 5.92 Å². The van der Waals surface area contributed by atoms with E-state index in [9.17, 15) is 13.2 Å². The zero-order valence-electron chi connectivity index (χ0n) is 17.5. The largest absolute Gasteiger partial charge is 0.358 e. The van der Waals surface area contributed by atoms with E-state index in [2.05, 4.69) is 29.4 Å². The monoisotopic (exact) mass is 439 g/mol. The van der Waals surface area contributed by atoms with Crippen LogP contribution < -0.4 is 5.32 Å². The Morgan fingerprint density at radius 2 is 1.93 bits per heavy atom. The predicted octanol–water partition coefficient (Wildman–Crippen LogP) is 2.47. The van der Waals surface area contributed by atoms with Gasteiger partial charge in [-0.05, 0) is 18.1 Å². The third kappa shape index (κ3) is 5.58. The van der Waals surface area contributed by atoms with Crippen LogP contribution in [-0.4, -0.2) is 59.3 Å². The molecular weight excluding hydrogens is 410 g/mol. The van der Waals surface area contributed by atoms with Gasteiger partial charge in [0.25, 0.3) is 0 Å². The van der Waals surface area contributed by atoms with Crippen molar-refractivity contribution in [1.82, 2.24) is 24.4 Å². The molecular formula is C19H29N5O3S2. The van der Waals surface area contributed by atoms with Crippen LogP contribution in [0.1, 0.15) is 27.7 Å². The lowest BCUT2D eigenvalue weighted by Crippen LogP contribution is -2.30. The lowest BCUT2D eigenvalue weighted by atomic mass is 10.2. The second kappa shape index (κ2) is 10.2. The molecule has 0 spiro atoms. The summed E-state index contributed by atoms with van der Waals surface area (Å²) in [4.78, 5) is 11.8. The van der Waals surface area contributed by atoms with Gasteiger partial charge in [-0.25, -0.2) is 8.42 Å². The smallest absolute Gasteiger partial charge is 0.243 e. The van der Waals surface area contributed by atoms with Crippen molar-refractivity contribution in [2.24, 2.45) is 5.92 Å². The molecule has 0 unspecified atom stereocenters. The second-order valence-electron chi connectivity index (χ2n) is 6.89. The molecule has 1 aromatic heterocycles. The number of thioether (sulfide) groups is 1. The number of rotatable bonds is 10. The van der Waals surface area contributed by atoms with Gasteiger partial charge in [-0.2, -0.15) is 4.31 Å². The van der Waals surface area contributed by atoms with E-state index >= 15 is 0 Å². The summed E-state index contributed by atoms with van der Waals surface area (Å²) in [5.74, 6) is 1.06. The van der Waals surface area contributed by atoms with Gasteiger partial charge < -0.3 is 9.88 Å². The normalized spacial score (nSPS) is 12.0. The molecule has 10 heteroatoms. The predicted molar refractivity (Wildman–Crippen MR) is 115 cm³/mol. The SMILES string of the molecule is CCN(CC)S(=O)(=O)c1cccc(-c2nnc(SCC(=O)NC)n2CC(C)C)c1. The zero-order chi connectivity index (χ0) is 21.6. The Hall–Kier alpha value is -1.91. The van der Waals surface area contributed by atoms with Gasteiger partial charge in [0.05, 0.1) is 10.6 Å². The van der Waals surface area contributed by atoms with Gasteiger partial charge in [-0.1, -0.05) is 51.6 Å². The maximum atomic E-state index is 12.9. The number of hydrogen-bond acceptors (Lipinski definition) is 6. The molecule has 0 aliphatic carbocycles. The van der Waals surface area contributed by atoms with Crippen LogP contribution in [0.4, 0.5) is 0 Å². The highest BCUT2D eigenvalue weighted by molar-refractivity contribution is 7.99. The minimum atomic E-state index is -3.57. The van der Waals surface area contributed by atoms with Crippen molar-refractivity contribution < 1.29 is 13.2 Å². The summed E-state index contributed by atoms with van der Waals surface area (Å²) in [7, 11) is -1.98. The highest BCUT2D eigenvalue weighted by Crippen LogP contribution is 2.27. The van der Waals surface area contributed by atoms with Crippen molar-refractivity contribution in [3.63, 3.8) is 0 Å². The fourth-order valence-electron chi connectivity index (χ4n) is 2.85. The molecule has 0 saturated carbocycles. The van der Waals surface area contributed by atoms with E-state index in [0.29, 0.717) is 42.1 Å². The molecule has 8 nitrogen and oxygen atoms in total. The lowest BCUT2D eigenvalue weighted by molar-refractivity contribution is -0.118. The lowest BCUT2D eigenvalue weighted by Gasteiger charge is -2.19. The summed E-state index contributed by atoms with van der Waals surface area (Å²) in [6.45, 7) is 9.28. The number of nitrogens with zero attached hydrogens (tertiary/aromatic N) is 4. The molecule has 1 N–H and O–H groups in total. The summed E-state index contributed by atoms with van der Waals surface area (Å²) >= 11 is 1.31. The number of aromatic nitrogens is 3. The highest BCUT2D eigenvalue weighted by Gasteiger charge is 2.23. The Balaban J connectivity index is 2.46. The first kappa shape index (κ1) is 23.4. The van der Waals surface area contributed by atoms with Gasteiger partial charge in [0.1, 0.15) is 0 Å². The van der Waals surface area contributed by atoms with Crippen LogP contribution >= 0.6 is 11.8 Å². The standard InChI is InChI=1S/C19H29N5O3S2/c1-6-23(7-2)29(26,27)16-10-8-9-15(11-16)18-21-22-19(24(18)12-14(3)4)28-13-17(25)20-5/h8-11,14H,6-7,12-13H2,1-5H3,(H,20,25). The Kier molecular flexibility index (Phi) is 8.23. The first-order valence-corrected chi connectivity index (χ1v) is 12.0. The van der Waals surface area contributed by atoms with Crippen molar-refractivity contribution in [3.05, 3.63) is 24.3 Å². The third-order valence-electron chi connectivity index (χ3n) is 4.31. The fourth-order valence-corrected chi connectivity index (χ4v) is 5.17. The minimum Gasteiger partial charge on any atom is -0.358 e. The number of sulfonamides is 1. The van der Waals surface area contributed by atoms with Gasteiger partial charge in [0.2, 0.25) is 15.9 Å². The Bertz CT molecular complexity index is 937. The summed E-state index contributed by atoms with van der Waals surface area (Å²) in [6.07, 6.45) is 0. The summed E-state index contributed by atoms with van der Waals surface area (Å²) in [6, 6.07) is 6.79. The van der Waals surface area contributed by atoms with Crippen LogP contribution in [-0.2, 0) is 21.4 Å². The third-order valence-corrected chi connectivity index (χ3v) is 7.32. The summed E-state index contributed by atoms with van der Waals surface area (Å²) in [5.41, 5.74) is 0.679. The van der Waals surface area contributed by atoms with Crippen LogP contribution in [0.5, 0.6) is 0 Å². The van der Waals surface area contributed by atoms with Crippen molar-refractivity contribution >= 4 is 27.7 Å².